The van der Waals surface area contributed by atoms with Crippen LogP contribution in [0.4, 0.5) is 11.8 Å². The summed E-state index contributed by atoms with van der Waals surface area (Å²) in [6.07, 6.45) is 15.7. The van der Waals surface area contributed by atoms with Gasteiger partial charge >= 0.3 is 0 Å². The normalized spacial score (nSPS) is 19.4. The zero-order valence-electron chi connectivity index (χ0n) is 20.7. The lowest BCUT2D eigenvalue weighted by molar-refractivity contribution is -0.126. The number of amides is 1. The second-order valence-corrected chi connectivity index (χ2v) is 9.77. The van der Waals surface area contributed by atoms with Crippen molar-refractivity contribution < 1.29 is 9.53 Å². The summed E-state index contributed by atoms with van der Waals surface area (Å²) < 4.78 is 6.10. The van der Waals surface area contributed by atoms with E-state index >= 15 is 0 Å². The van der Waals surface area contributed by atoms with Crippen LogP contribution in [0.3, 0.4) is 0 Å². The summed E-state index contributed by atoms with van der Waals surface area (Å²) in [4.78, 5) is 26.4. The first kappa shape index (κ1) is 24.2. The lowest BCUT2D eigenvalue weighted by Gasteiger charge is -2.23. The Bertz CT molecular complexity index is 1120. The van der Waals surface area contributed by atoms with Gasteiger partial charge in [-0.2, -0.15) is 10.1 Å². The number of fused-ring (bicyclic) bond motifs is 1. The third-order valence-corrected chi connectivity index (χ3v) is 7.15. The maximum atomic E-state index is 13.3. The number of aromatic amines is 1. The van der Waals surface area contributed by atoms with Gasteiger partial charge in [0, 0.05) is 29.3 Å². The number of hydrogen-bond donors (Lipinski definition) is 3. The second-order valence-electron chi connectivity index (χ2n) is 9.77. The average molecular weight is 490 g/mol. The van der Waals surface area contributed by atoms with E-state index in [4.69, 9.17) is 4.74 Å². The second kappa shape index (κ2) is 12.0. The Hall–Kier alpha value is -3.49. The first-order valence-electron chi connectivity index (χ1n) is 13.3. The van der Waals surface area contributed by atoms with Gasteiger partial charge in [0.2, 0.25) is 11.9 Å². The largest absolute Gasteiger partial charge is 0.493 e. The fourth-order valence-electron chi connectivity index (χ4n) is 5.16. The van der Waals surface area contributed by atoms with Crippen molar-refractivity contribution in [3.63, 3.8) is 0 Å². The van der Waals surface area contributed by atoms with E-state index in [0.717, 1.165) is 55.4 Å². The van der Waals surface area contributed by atoms with Gasteiger partial charge < -0.3 is 15.4 Å². The molecule has 1 unspecified atom stereocenters. The molecular weight excluding hydrogens is 454 g/mol. The molecule has 190 valence electrons. The summed E-state index contributed by atoms with van der Waals surface area (Å²) in [6.45, 7) is 0.620. The summed E-state index contributed by atoms with van der Waals surface area (Å²) >= 11 is 0. The monoisotopic (exact) mass is 489 g/mol. The molecule has 1 atom stereocenters. The first-order valence-corrected chi connectivity index (χ1v) is 13.3. The minimum atomic E-state index is -0.0466. The number of carbonyl (C=O) groups excluding carboxylic acids is 1. The molecule has 2 aliphatic rings. The van der Waals surface area contributed by atoms with Crippen molar-refractivity contribution in [2.75, 3.05) is 11.9 Å². The smallest absolute Gasteiger partial charge is 0.231 e. The van der Waals surface area contributed by atoms with E-state index in [0.29, 0.717) is 24.2 Å². The Kier molecular flexibility index (Phi) is 8.05. The molecule has 1 aromatic carbocycles. The third-order valence-electron chi connectivity index (χ3n) is 7.15. The summed E-state index contributed by atoms with van der Waals surface area (Å²) in [5, 5.41) is 13.3. The van der Waals surface area contributed by atoms with Crippen LogP contribution in [-0.2, 0) is 4.79 Å². The molecule has 1 saturated carbocycles. The van der Waals surface area contributed by atoms with Crippen LogP contribution in [-0.4, -0.2) is 37.7 Å². The topological polar surface area (TPSA) is 118 Å². The van der Waals surface area contributed by atoms with E-state index in [1.165, 1.54) is 38.4 Å². The number of anilines is 2. The third kappa shape index (κ3) is 6.19. The number of hydrogen-bond acceptors (Lipinski definition) is 7. The maximum Gasteiger partial charge on any atom is 0.231 e. The molecule has 1 aliphatic carbocycles. The number of carbonyl (C=O) groups is 1. The molecule has 9 nitrogen and oxygen atoms in total. The van der Waals surface area contributed by atoms with Crippen LogP contribution in [0.15, 0.2) is 36.8 Å². The number of ether oxygens (including phenoxy) is 1. The maximum absolute atomic E-state index is 13.3. The van der Waals surface area contributed by atoms with Gasteiger partial charge in [0.1, 0.15) is 12.1 Å². The van der Waals surface area contributed by atoms with E-state index in [-0.39, 0.29) is 17.9 Å². The molecule has 1 fully saturated rings. The summed E-state index contributed by atoms with van der Waals surface area (Å²) in [6, 6.07) is 7.75. The zero-order chi connectivity index (χ0) is 24.6. The minimum absolute atomic E-state index is 0.0466. The van der Waals surface area contributed by atoms with E-state index in [9.17, 15) is 4.79 Å². The molecule has 3 heterocycles. The van der Waals surface area contributed by atoms with Crippen molar-refractivity contribution in [1.82, 2.24) is 30.5 Å². The van der Waals surface area contributed by atoms with Gasteiger partial charge in [-0.25, -0.2) is 9.97 Å². The molecular formula is C27H35N7O2. The van der Waals surface area contributed by atoms with Crippen molar-refractivity contribution in [3.8, 4) is 17.1 Å². The summed E-state index contributed by atoms with van der Waals surface area (Å²) in [5.41, 5.74) is 1.86. The predicted molar refractivity (Wildman–Crippen MR) is 138 cm³/mol. The molecule has 0 bridgehead atoms. The van der Waals surface area contributed by atoms with Gasteiger partial charge in [-0.15, -0.1) is 0 Å². The number of benzene rings is 1. The highest BCUT2D eigenvalue weighted by Crippen LogP contribution is 2.35. The Labute approximate surface area is 211 Å². The van der Waals surface area contributed by atoms with Crippen LogP contribution >= 0.6 is 0 Å². The highest BCUT2D eigenvalue weighted by atomic mass is 16.5. The van der Waals surface area contributed by atoms with Crippen LogP contribution < -0.4 is 15.4 Å². The Morgan fingerprint density at radius 3 is 2.53 bits per heavy atom. The molecule has 36 heavy (non-hydrogen) atoms. The lowest BCUT2D eigenvalue weighted by Crippen LogP contribution is -2.34. The van der Waals surface area contributed by atoms with Gasteiger partial charge in [-0.1, -0.05) is 57.1 Å². The van der Waals surface area contributed by atoms with Gasteiger partial charge in [-0.3, -0.25) is 9.89 Å². The summed E-state index contributed by atoms with van der Waals surface area (Å²) in [5.74, 6) is 2.68. The van der Waals surface area contributed by atoms with Gasteiger partial charge in [0.05, 0.1) is 12.6 Å². The molecule has 3 aromatic rings. The molecule has 1 amide bonds. The predicted octanol–water partition coefficient (Wildman–Crippen LogP) is 5.48. The molecule has 2 aromatic heterocycles. The van der Waals surface area contributed by atoms with Gasteiger partial charge in [0.15, 0.2) is 11.6 Å². The minimum Gasteiger partial charge on any atom is -0.493 e. The fraction of sp³-hybridized carbons (Fsp3) is 0.519. The van der Waals surface area contributed by atoms with E-state index < -0.39 is 0 Å². The van der Waals surface area contributed by atoms with Crippen LogP contribution in [0.1, 0.15) is 82.2 Å². The van der Waals surface area contributed by atoms with Gasteiger partial charge in [0.25, 0.3) is 0 Å². The van der Waals surface area contributed by atoms with Crippen molar-refractivity contribution in [1.29, 1.82) is 0 Å². The Morgan fingerprint density at radius 2 is 1.75 bits per heavy atom. The van der Waals surface area contributed by atoms with Crippen molar-refractivity contribution in [3.05, 3.63) is 42.4 Å². The van der Waals surface area contributed by atoms with E-state index in [2.05, 4.69) is 35.8 Å². The highest BCUT2D eigenvalue weighted by molar-refractivity contribution is 5.79. The average Bonchev–Trinajstić information content (AvgIpc) is 3.33. The fourth-order valence-corrected chi connectivity index (χ4v) is 5.16. The molecule has 0 radical (unpaired) electrons. The van der Waals surface area contributed by atoms with Crippen LogP contribution in [0.2, 0.25) is 0 Å². The van der Waals surface area contributed by atoms with Gasteiger partial charge in [-0.05, 0) is 31.7 Å². The van der Waals surface area contributed by atoms with Crippen LogP contribution in [0, 0.1) is 5.92 Å². The standard InChI is InChI=1S/C27H35N7O2/c35-26(19-9-6-4-2-1-3-5-7-10-19)31-22-11-8-16-36-23-17-20(12-13-21(22)23)25-28-18-29-27(33-25)32-24-14-15-30-34-24/h12-15,17-19,22H,1-11,16H2,(H,31,35)(H2,28,29,30,32,33,34). The first-order chi connectivity index (χ1) is 17.8. The van der Waals surface area contributed by atoms with Crippen LogP contribution in [0.25, 0.3) is 11.4 Å². The molecule has 9 heteroatoms. The highest BCUT2D eigenvalue weighted by Gasteiger charge is 2.26. The molecule has 3 N–H and O–H groups in total. The quantitative estimate of drug-likeness (QED) is 0.434. The van der Waals surface area contributed by atoms with E-state index in [1.807, 2.05) is 18.2 Å². The number of nitrogens with zero attached hydrogens (tertiary/aromatic N) is 4. The Balaban J connectivity index is 1.31. The Morgan fingerprint density at radius 1 is 0.944 bits per heavy atom. The number of nitrogens with one attached hydrogen (secondary N) is 3. The van der Waals surface area contributed by atoms with Crippen molar-refractivity contribution in [2.45, 2.75) is 76.7 Å². The number of aromatic nitrogens is 5. The molecule has 0 spiro atoms. The molecule has 0 saturated heterocycles. The van der Waals surface area contributed by atoms with Crippen LogP contribution in [0.5, 0.6) is 5.75 Å². The van der Waals surface area contributed by atoms with Crippen molar-refractivity contribution in [2.24, 2.45) is 5.92 Å². The molecule has 5 rings (SSSR count). The summed E-state index contributed by atoms with van der Waals surface area (Å²) in [7, 11) is 0. The number of H-pyrrole nitrogens is 1. The molecule has 1 aliphatic heterocycles. The van der Waals surface area contributed by atoms with E-state index in [1.54, 1.807) is 12.3 Å². The zero-order valence-corrected chi connectivity index (χ0v) is 20.7. The number of rotatable bonds is 5. The van der Waals surface area contributed by atoms with Crippen molar-refractivity contribution >= 4 is 17.7 Å². The SMILES string of the molecule is O=C(NC1CCCOc2cc(-c3ncnc(Nc4cc[nH]n4)n3)ccc21)C1CCCCCCCCC1. The lowest BCUT2D eigenvalue weighted by atomic mass is 9.91.